The molecule has 0 saturated carbocycles. The molecular weight excluding hydrogens is 340 g/mol. The molecule has 0 aliphatic rings. The first-order chi connectivity index (χ1) is 10.1. The number of para-hydroxylation sites is 1. The van der Waals surface area contributed by atoms with Crippen LogP contribution in [0.15, 0.2) is 18.2 Å². The number of alkyl halides is 1. The Morgan fingerprint density at radius 1 is 1.43 bits per heavy atom. The van der Waals surface area contributed by atoms with Crippen LogP contribution >= 0.6 is 15.9 Å². The molecule has 8 heteroatoms. The van der Waals surface area contributed by atoms with E-state index in [-0.39, 0.29) is 10.6 Å². The van der Waals surface area contributed by atoms with Gasteiger partial charge in [0.1, 0.15) is 5.82 Å². The van der Waals surface area contributed by atoms with Gasteiger partial charge in [-0.3, -0.25) is 10.1 Å². The minimum absolute atomic E-state index is 0.0599. The third-order valence-corrected chi connectivity index (χ3v) is 3.63. The van der Waals surface area contributed by atoms with Gasteiger partial charge in [0.05, 0.1) is 22.4 Å². The van der Waals surface area contributed by atoms with Crippen molar-refractivity contribution >= 4 is 21.6 Å². The van der Waals surface area contributed by atoms with Crippen molar-refractivity contribution in [1.82, 2.24) is 14.8 Å². The van der Waals surface area contributed by atoms with E-state index in [0.717, 1.165) is 0 Å². The van der Waals surface area contributed by atoms with Crippen LogP contribution in [0, 0.1) is 17.0 Å². The monoisotopic (exact) mass is 354 g/mol. The molecule has 1 aromatic carbocycles. The van der Waals surface area contributed by atoms with E-state index in [1.165, 1.54) is 0 Å². The third-order valence-electron chi connectivity index (χ3n) is 3.13. The minimum Gasteiger partial charge on any atom is -0.383 e. The normalized spacial score (nSPS) is 10.8. The number of halogens is 1. The number of nitro benzene ring substituents is 1. The summed E-state index contributed by atoms with van der Waals surface area (Å²) in [6, 6.07) is 5.18. The minimum atomic E-state index is -0.381. The van der Waals surface area contributed by atoms with Crippen LogP contribution in [0.5, 0.6) is 0 Å². The first kappa shape index (κ1) is 15.6. The average molecular weight is 355 g/mol. The summed E-state index contributed by atoms with van der Waals surface area (Å²) in [4.78, 5) is 11.0. The van der Waals surface area contributed by atoms with E-state index in [0.29, 0.717) is 41.3 Å². The number of ether oxygens (including phenoxy) is 1. The maximum atomic E-state index is 11.3. The van der Waals surface area contributed by atoms with Crippen LogP contribution in [0.1, 0.15) is 11.4 Å². The Bertz CT molecular complexity index is 657. The Morgan fingerprint density at radius 3 is 2.81 bits per heavy atom. The Labute approximate surface area is 130 Å². The maximum absolute atomic E-state index is 11.3. The van der Waals surface area contributed by atoms with Gasteiger partial charge in [-0.05, 0) is 13.0 Å². The Morgan fingerprint density at radius 2 is 2.19 bits per heavy atom. The fourth-order valence-corrected chi connectivity index (χ4v) is 2.55. The molecular formula is C13H15BrN4O3. The number of nitro groups is 1. The van der Waals surface area contributed by atoms with Crippen LogP contribution in [0.2, 0.25) is 0 Å². The number of nitrogens with zero attached hydrogens (tertiary/aromatic N) is 4. The predicted molar refractivity (Wildman–Crippen MR) is 81.4 cm³/mol. The molecule has 7 nitrogen and oxygen atoms in total. The number of rotatable bonds is 6. The van der Waals surface area contributed by atoms with E-state index in [1.807, 2.05) is 4.57 Å². The third kappa shape index (κ3) is 3.11. The quantitative estimate of drug-likeness (QED) is 0.452. The first-order valence-electron chi connectivity index (χ1n) is 6.31. The van der Waals surface area contributed by atoms with Gasteiger partial charge in [0.2, 0.25) is 0 Å². The molecule has 112 valence electrons. The molecule has 0 atom stereocenters. The SMILES string of the molecule is COCCn1c(CBr)nnc1-c1cccc(C)c1[N+](=O)[O-]. The summed E-state index contributed by atoms with van der Waals surface area (Å²) in [5.41, 5.74) is 1.12. The molecule has 0 radical (unpaired) electrons. The molecule has 0 bridgehead atoms. The second-order valence-corrected chi connectivity index (χ2v) is 5.01. The fraction of sp³-hybridized carbons (Fsp3) is 0.385. The molecule has 0 aliphatic heterocycles. The molecule has 21 heavy (non-hydrogen) atoms. The molecule has 2 aromatic rings. The van der Waals surface area contributed by atoms with Crippen LogP contribution in [0.4, 0.5) is 5.69 Å². The number of aryl methyl sites for hydroxylation is 1. The van der Waals surface area contributed by atoms with Crippen LogP contribution < -0.4 is 0 Å². The highest BCUT2D eigenvalue weighted by atomic mass is 79.9. The molecule has 0 spiro atoms. The zero-order chi connectivity index (χ0) is 15.4. The summed E-state index contributed by atoms with van der Waals surface area (Å²) in [6.07, 6.45) is 0. The second kappa shape index (κ2) is 6.77. The number of methoxy groups -OCH3 is 1. The summed E-state index contributed by atoms with van der Waals surface area (Å²) in [5.74, 6) is 1.19. The highest BCUT2D eigenvalue weighted by Crippen LogP contribution is 2.32. The van der Waals surface area contributed by atoms with Gasteiger partial charge in [-0.2, -0.15) is 0 Å². The Hall–Kier alpha value is -1.80. The summed E-state index contributed by atoms with van der Waals surface area (Å²) >= 11 is 3.35. The molecule has 0 unspecified atom stereocenters. The molecule has 0 saturated heterocycles. The first-order valence-corrected chi connectivity index (χ1v) is 7.43. The van der Waals surface area contributed by atoms with Crippen LogP contribution in [-0.4, -0.2) is 33.4 Å². The van der Waals surface area contributed by atoms with Gasteiger partial charge in [-0.25, -0.2) is 0 Å². The lowest BCUT2D eigenvalue weighted by molar-refractivity contribution is -0.384. The van der Waals surface area contributed by atoms with Gasteiger partial charge in [0, 0.05) is 19.2 Å². The van der Waals surface area contributed by atoms with Crippen molar-refractivity contribution in [1.29, 1.82) is 0 Å². The van der Waals surface area contributed by atoms with E-state index < -0.39 is 0 Å². The van der Waals surface area contributed by atoms with Gasteiger partial charge in [-0.1, -0.05) is 28.1 Å². The van der Waals surface area contributed by atoms with E-state index in [9.17, 15) is 10.1 Å². The van der Waals surface area contributed by atoms with Gasteiger partial charge in [0.25, 0.3) is 5.69 Å². The van der Waals surface area contributed by atoms with Crippen molar-refractivity contribution in [3.63, 3.8) is 0 Å². The van der Waals surface area contributed by atoms with E-state index in [2.05, 4.69) is 26.1 Å². The summed E-state index contributed by atoms with van der Waals surface area (Å²) < 4.78 is 6.91. The molecule has 1 aromatic heterocycles. The van der Waals surface area contributed by atoms with Crippen molar-refractivity contribution in [2.75, 3.05) is 13.7 Å². The lowest BCUT2D eigenvalue weighted by Crippen LogP contribution is -2.10. The molecule has 0 N–H and O–H groups in total. The van der Waals surface area contributed by atoms with Crippen LogP contribution in [0.25, 0.3) is 11.4 Å². The van der Waals surface area contributed by atoms with Crippen molar-refractivity contribution < 1.29 is 9.66 Å². The standard InChI is InChI=1S/C13H15BrN4O3/c1-9-4-3-5-10(12(9)18(19)20)13-16-15-11(8-14)17(13)6-7-21-2/h3-5H,6-8H2,1-2H3. The smallest absolute Gasteiger partial charge is 0.283 e. The molecule has 0 fully saturated rings. The van der Waals surface area contributed by atoms with E-state index in [4.69, 9.17) is 4.74 Å². The lowest BCUT2D eigenvalue weighted by Gasteiger charge is -2.09. The zero-order valence-electron chi connectivity index (χ0n) is 11.7. The summed E-state index contributed by atoms with van der Waals surface area (Å²) in [5, 5.41) is 20.0. The highest BCUT2D eigenvalue weighted by molar-refractivity contribution is 9.08. The van der Waals surface area contributed by atoms with E-state index in [1.54, 1.807) is 32.2 Å². The number of aromatic nitrogens is 3. The van der Waals surface area contributed by atoms with E-state index >= 15 is 0 Å². The van der Waals surface area contributed by atoms with Crippen molar-refractivity contribution in [3.8, 4) is 11.4 Å². The largest absolute Gasteiger partial charge is 0.383 e. The number of hydrogen-bond donors (Lipinski definition) is 0. The van der Waals surface area contributed by atoms with Gasteiger partial charge in [0.15, 0.2) is 5.82 Å². The summed E-state index contributed by atoms with van der Waals surface area (Å²) in [7, 11) is 1.60. The Balaban J connectivity index is 2.59. The molecule has 2 rings (SSSR count). The lowest BCUT2D eigenvalue weighted by atomic mass is 10.1. The van der Waals surface area contributed by atoms with Crippen molar-refractivity contribution in [2.45, 2.75) is 18.8 Å². The highest BCUT2D eigenvalue weighted by Gasteiger charge is 2.23. The second-order valence-electron chi connectivity index (χ2n) is 4.45. The van der Waals surface area contributed by atoms with Gasteiger partial charge in [-0.15, -0.1) is 10.2 Å². The van der Waals surface area contributed by atoms with Crippen molar-refractivity contribution in [3.05, 3.63) is 39.7 Å². The maximum Gasteiger partial charge on any atom is 0.283 e. The fourth-order valence-electron chi connectivity index (χ4n) is 2.13. The number of hydrogen-bond acceptors (Lipinski definition) is 5. The molecule has 1 heterocycles. The number of benzene rings is 1. The van der Waals surface area contributed by atoms with Crippen LogP contribution in [0.3, 0.4) is 0 Å². The summed E-state index contributed by atoms with van der Waals surface area (Å²) in [6.45, 7) is 2.72. The predicted octanol–water partition coefficient (Wildman–Crippen LogP) is 2.70. The molecule has 0 amide bonds. The zero-order valence-corrected chi connectivity index (χ0v) is 13.3. The topological polar surface area (TPSA) is 83.1 Å². The van der Waals surface area contributed by atoms with Crippen LogP contribution in [-0.2, 0) is 16.6 Å². The van der Waals surface area contributed by atoms with Crippen molar-refractivity contribution in [2.24, 2.45) is 0 Å². The Kier molecular flexibility index (Phi) is 5.03. The molecule has 0 aliphatic carbocycles. The van der Waals surface area contributed by atoms with Gasteiger partial charge >= 0.3 is 0 Å². The average Bonchev–Trinajstić information content (AvgIpc) is 2.86. The van der Waals surface area contributed by atoms with Gasteiger partial charge < -0.3 is 9.30 Å².